The SMILES string of the molecule is CCOC(=O)c1ccc2c(c1)n(Cc1ccccc1OC)c(=O)c(=O)n2CC. The molecule has 0 fully saturated rings. The third-order valence-corrected chi connectivity index (χ3v) is 4.58. The van der Waals surface area contributed by atoms with E-state index in [4.69, 9.17) is 9.47 Å². The Morgan fingerprint density at radius 1 is 0.964 bits per heavy atom. The van der Waals surface area contributed by atoms with E-state index < -0.39 is 17.1 Å². The van der Waals surface area contributed by atoms with Gasteiger partial charge in [0.15, 0.2) is 0 Å². The maximum Gasteiger partial charge on any atom is 0.338 e. The molecular formula is C21H22N2O5. The first-order valence-electron chi connectivity index (χ1n) is 9.08. The highest BCUT2D eigenvalue weighted by molar-refractivity contribution is 5.93. The smallest absolute Gasteiger partial charge is 0.338 e. The van der Waals surface area contributed by atoms with Crippen LogP contribution in [0.1, 0.15) is 29.8 Å². The van der Waals surface area contributed by atoms with Crippen LogP contribution in [-0.2, 0) is 17.8 Å². The van der Waals surface area contributed by atoms with Crippen molar-refractivity contribution in [2.24, 2.45) is 0 Å². The third-order valence-electron chi connectivity index (χ3n) is 4.58. The number of carbonyl (C=O) groups excluding carboxylic acids is 1. The molecule has 0 atom stereocenters. The number of nitrogens with zero attached hydrogens (tertiary/aromatic N) is 2. The van der Waals surface area contributed by atoms with Crippen molar-refractivity contribution < 1.29 is 14.3 Å². The lowest BCUT2D eigenvalue weighted by molar-refractivity contribution is 0.0526. The van der Waals surface area contributed by atoms with Crippen LogP contribution < -0.4 is 15.9 Å². The predicted octanol–water partition coefficient (Wildman–Crippen LogP) is 2.42. The third kappa shape index (κ3) is 3.43. The molecule has 0 saturated carbocycles. The maximum atomic E-state index is 12.8. The summed E-state index contributed by atoms with van der Waals surface area (Å²) in [4.78, 5) is 37.6. The fraction of sp³-hybridized carbons (Fsp3) is 0.286. The highest BCUT2D eigenvalue weighted by Gasteiger charge is 2.16. The number of hydrogen-bond acceptors (Lipinski definition) is 5. The number of fused-ring (bicyclic) bond motifs is 1. The summed E-state index contributed by atoms with van der Waals surface area (Å²) < 4.78 is 13.2. The van der Waals surface area contributed by atoms with E-state index in [1.807, 2.05) is 18.2 Å². The molecule has 1 heterocycles. The largest absolute Gasteiger partial charge is 0.496 e. The molecule has 0 bridgehead atoms. The Morgan fingerprint density at radius 2 is 1.68 bits per heavy atom. The average Bonchev–Trinajstić information content (AvgIpc) is 2.72. The molecule has 0 aliphatic heterocycles. The summed E-state index contributed by atoms with van der Waals surface area (Å²) in [6, 6.07) is 12.2. The number of esters is 1. The van der Waals surface area contributed by atoms with Crippen LogP contribution in [0.5, 0.6) is 5.75 Å². The monoisotopic (exact) mass is 382 g/mol. The van der Waals surface area contributed by atoms with E-state index in [1.54, 1.807) is 45.2 Å². The van der Waals surface area contributed by atoms with Crippen molar-refractivity contribution in [3.05, 3.63) is 74.3 Å². The van der Waals surface area contributed by atoms with Crippen molar-refractivity contribution in [3.63, 3.8) is 0 Å². The van der Waals surface area contributed by atoms with Gasteiger partial charge in [-0.05, 0) is 38.1 Å². The van der Waals surface area contributed by atoms with Crippen molar-refractivity contribution in [1.82, 2.24) is 9.13 Å². The van der Waals surface area contributed by atoms with Crippen molar-refractivity contribution in [3.8, 4) is 5.75 Å². The van der Waals surface area contributed by atoms with Crippen LogP contribution >= 0.6 is 0 Å². The summed E-state index contributed by atoms with van der Waals surface area (Å²) in [6.07, 6.45) is 0. The van der Waals surface area contributed by atoms with Crippen molar-refractivity contribution in [1.29, 1.82) is 0 Å². The van der Waals surface area contributed by atoms with Crippen LogP contribution in [0.15, 0.2) is 52.1 Å². The second kappa shape index (κ2) is 8.12. The lowest BCUT2D eigenvalue weighted by Gasteiger charge is -2.16. The molecule has 3 rings (SSSR count). The first-order chi connectivity index (χ1) is 13.5. The Hall–Kier alpha value is -3.35. The normalized spacial score (nSPS) is 10.8. The molecule has 0 saturated heterocycles. The Labute approximate surface area is 161 Å². The molecule has 0 aliphatic rings. The van der Waals surface area contributed by atoms with E-state index in [2.05, 4.69) is 0 Å². The van der Waals surface area contributed by atoms with Crippen LogP contribution in [-0.4, -0.2) is 28.8 Å². The molecule has 0 aliphatic carbocycles. The zero-order valence-electron chi connectivity index (χ0n) is 16.1. The molecule has 2 aromatic carbocycles. The van der Waals surface area contributed by atoms with Gasteiger partial charge in [0.2, 0.25) is 0 Å². The number of ether oxygens (including phenoxy) is 2. The maximum absolute atomic E-state index is 12.8. The van der Waals surface area contributed by atoms with Crippen molar-refractivity contribution in [2.75, 3.05) is 13.7 Å². The topological polar surface area (TPSA) is 79.5 Å². The summed E-state index contributed by atoms with van der Waals surface area (Å²) in [5, 5.41) is 0. The molecule has 7 heteroatoms. The first-order valence-corrected chi connectivity index (χ1v) is 9.08. The van der Waals surface area contributed by atoms with Crippen molar-refractivity contribution >= 4 is 17.0 Å². The Balaban J connectivity index is 2.29. The number of rotatable bonds is 6. The quantitative estimate of drug-likeness (QED) is 0.483. The first kappa shape index (κ1) is 19.4. The van der Waals surface area contributed by atoms with Gasteiger partial charge in [0.1, 0.15) is 5.75 Å². The van der Waals surface area contributed by atoms with Crippen LogP contribution in [0, 0.1) is 0 Å². The Bertz CT molecular complexity index is 1140. The van der Waals surface area contributed by atoms with E-state index in [0.717, 1.165) is 5.56 Å². The fourth-order valence-corrected chi connectivity index (χ4v) is 3.23. The standard InChI is InChI=1S/C21H22N2O5/c1-4-22-16-11-10-14(21(26)28-5-2)12-17(16)23(20(25)19(22)24)13-15-8-6-7-9-18(15)27-3/h6-12H,4-5,13H2,1-3H3. The van der Waals surface area contributed by atoms with E-state index in [9.17, 15) is 14.4 Å². The van der Waals surface area contributed by atoms with Crippen LogP contribution in [0.25, 0.3) is 11.0 Å². The molecule has 146 valence electrons. The van der Waals surface area contributed by atoms with E-state index in [-0.39, 0.29) is 13.2 Å². The minimum absolute atomic E-state index is 0.144. The van der Waals surface area contributed by atoms with Gasteiger partial charge in [-0.2, -0.15) is 0 Å². The predicted molar refractivity (Wildman–Crippen MR) is 106 cm³/mol. The number of aromatic nitrogens is 2. The molecule has 0 N–H and O–H groups in total. The van der Waals surface area contributed by atoms with Crippen molar-refractivity contribution in [2.45, 2.75) is 26.9 Å². The lowest BCUT2D eigenvalue weighted by atomic mass is 10.1. The number of para-hydroxylation sites is 1. The number of benzene rings is 2. The molecule has 0 unspecified atom stereocenters. The molecule has 0 radical (unpaired) electrons. The second-order valence-electron chi connectivity index (χ2n) is 6.18. The van der Waals surface area contributed by atoms with Crippen LogP contribution in [0.3, 0.4) is 0 Å². The molecular weight excluding hydrogens is 360 g/mol. The van der Waals surface area contributed by atoms with E-state index >= 15 is 0 Å². The number of aryl methyl sites for hydroxylation is 1. The fourth-order valence-electron chi connectivity index (χ4n) is 3.23. The second-order valence-corrected chi connectivity index (χ2v) is 6.18. The summed E-state index contributed by atoms with van der Waals surface area (Å²) in [6.45, 7) is 4.26. The molecule has 3 aromatic rings. The number of carbonyl (C=O) groups is 1. The van der Waals surface area contributed by atoms with Crippen LogP contribution in [0.2, 0.25) is 0 Å². The van der Waals surface area contributed by atoms with Gasteiger partial charge in [-0.25, -0.2) is 4.79 Å². The minimum atomic E-state index is -0.652. The van der Waals surface area contributed by atoms with Gasteiger partial charge in [0, 0.05) is 12.1 Å². The Morgan fingerprint density at radius 3 is 2.36 bits per heavy atom. The lowest BCUT2D eigenvalue weighted by Crippen LogP contribution is -2.41. The van der Waals surface area contributed by atoms with Gasteiger partial charge in [-0.3, -0.25) is 14.2 Å². The molecule has 0 spiro atoms. The zero-order chi connectivity index (χ0) is 20.3. The summed E-state index contributed by atoms with van der Waals surface area (Å²) in [5.41, 5.74) is 0.889. The summed E-state index contributed by atoms with van der Waals surface area (Å²) in [5.74, 6) is 0.138. The van der Waals surface area contributed by atoms with Crippen LogP contribution in [0.4, 0.5) is 0 Å². The van der Waals surface area contributed by atoms with Gasteiger partial charge >= 0.3 is 17.1 Å². The van der Waals surface area contributed by atoms with Gasteiger partial charge < -0.3 is 14.0 Å². The molecule has 28 heavy (non-hydrogen) atoms. The van der Waals surface area contributed by atoms with E-state index in [0.29, 0.717) is 28.9 Å². The number of hydrogen-bond donors (Lipinski definition) is 0. The van der Waals surface area contributed by atoms with Gasteiger partial charge in [0.05, 0.1) is 36.9 Å². The van der Waals surface area contributed by atoms with Gasteiger partial charge in [-0.1, -0.05) is 18.2 Å². The highest BCUT2D eigenvalue weighted by Crippen LogP contribution is 2.21. The molecule has 0 amide bonds. The molecule has 7 nitrogen and oxygen atoms in total. The average molecular weight is 382 g/mol. The highest BCUT2D eigenvalue weighted by atomic mass is 16.5. The summed E-state index contributed by atoms with van der Waals surface area (Å²) in [7, 11) is 1.55. The Kier molecular flexibility index (Phi) is 5.63. The summed E-state index contributed by atoms with van der Waals surface area (Å²) >= 11 is 0. The van der Waals surface area contributed by atoms with E-state index in [1.165, 1.54) is 9.13 Å². The zero-order valence-corrected chi connectivity index (χ0v) is 16.1. The van der Waals surface area contributed by atoms with Gasteiger partial charge in [-0.15, -0.1) is 0 Å². The number of methoxy groups -OCH3 is 1. The molecule has 1 aromatic heterocycles. The van der Waals surface area contributed by atoms with Gasteiger partial charge in [0.25, 0.3) is 0 Å². The minimum Gasteiger partial charge on any atom is -0.496 e.